The minimum atomic E-state index is -1.08. The van der Waals surface area contributed by atoms with E-state index in [1.54, 1.807) is 18.2 Å². The summed E-state index contributed by atoms with van der Waals surface area (Å²) in [4.78, 5) is 33.4. The van der Waals surface area contributed by atoms with Gasteiger partial charge in [0.2, 0.25) is 0 Å². The third kappa shape index (κ3) is 2.36. The Bertz CT molecular complexity index is 550. The van der Waals surface area contributed by atoms with Gasteiger partial charge in [-0.15, -0.1) is 0 Å². The lowest BCUT2D eigenvalue weighted by molar-refractivity contribution is -0.115. The Labute approximate surface area is 101 Å². The van der Waals surface area contributed by atoms with Crippen LogP contribution < -0.4 is 5.32 Å². The van der Waals surface area contributed by atoms with Crippen LogP contribution in [-0.4, -0.2) is 22.2 Å². The van der Waals surface area contributed by atoms with Gasteiger partial charge in [0.25, 0.3) is 11.1 Å². The lowest BCUT2D eigenvalue weighted by atomic mass is 10.1. The van der Waals surface area contributed by atoms with Gasteiger partial charge in [-0.3, -0.25) is 14.9 Å². The van der Waals surface area contributed by atoms with Crippen molar-refractivity contribution in [3.05, 3.63) is 40.3 Å². The van der Waals surface area contributed by atoms with Gasteiger partial charge in [0.05, 0.1) is 10.5 Å². The van der Waals surface area contributed by atoms with Gasteiger partial charge < -0.3 is 5.11 Å². The van der Waals surface area contributed by atoms with Gasteiger partial charge in [0.1, 0.15) is 0 Å². The number of carboxylic acid groups (broad SMARTS) is 1. The number of amides is 2. The van der Waals surface area contributed by atoms with Crippen LogP contribution in [0.15, 0.2) is 29.2 Å². The summed E-state index contributed by atoms with van der Waals surface area (Å²) in [7, 11) is 0. The highest BCUT2D eigenvalue weighted by atomic mass is 32.2. The van der Waals surface area contributed by atoms with E-state index in [1.165, 1.54) is 12.1 Å². The summed E-state index contributed by atoms with van der Waals surface area (Å²) in [6.07, 6.45) is 1.40. The van der Waals surface area contributed by atoms with E-state index < -0.39 is 17.1 Å². The molecular weight excluding hydrogens is 242 g/mol. The van der Waals surface area contributed by atoms with E-state index in [2.05, 4.69) is 5.32 Å². The van der Waals surface area contributed by atoms with Gasteiger partial charge in [-0.25, -0.2) is 4.79 Å². The molecule has 0 aliphatic carbocycles. The van der Waals surface area contributed by atoms with Gasteiger partial charge in [-0.1, -0.05) is 18.2 Å². The van der Waals surface area contributed by atoms with Crippen LogP contribution >= 0.6 is 11.8 Å². The topological polar surface area (TPSA) is 83.5 Å². The molecular formula is C11H7NO4S. The highest BCUT2D eigenvalue weighted by Gasteiger charge is 2.25. The molecule has 0 radical (unpaired) electrons. The lowest BCUT2D eigenvalue weighted by Crippen LogP contribution is -2.17. The van der Waals surface area contributed by atoms with Crippen LogP contribution in [0.1, 0.15) is 15.9 Å². The molecule has 86 valence electrons. The lowest BCUT2D eigenvalue weighted by Gasteiger charge is -2.00. The number of carboxylic acids is 1. The van der Waals surface area contributed by atoms with Crippen LogP contribution in [0.2, 0.25) is 0 Å². The molecule has 17 heavy (non-hydrogen) atoms. The van der Waals surface area contributed by atoms with Crippen LogP contribution in [-0.2, 0) is 4.79 Å². The van der Waals surface area contributed by atoms with Crippen molar-refractivity contribution >= 4 is 35.0 Å². The second-order valence-corrected chi connectivity index (χ2v) is 4.26. The highest BCUT2D eigenvalue weighted by Crippen LogP contribution is 2.26. The molecule has 0 aromatic heterocycles. The molecule has 1 saturated heterocycles. The number of rotatable bonds is 2. The molecule has 0 bridgehead atoms. The Morgan fingerprint density at radius 2 is 2.00 bits per heavy atom. The van der Waals surface area contributed by atoms with E-state index in [0.29, 0.717) is 5.56 Å². The maximum atomic E-state index is 11.3. The summed E-state index contributed by atoms with van der Waals surface area (Å²) in [5.41, 5.74) is 0.486. The molecule has 6 heteroatoms. The molecule has 1 heterocycles. The molecule has 2 amide bonds. The summed E-state index contributed by atoms with van der Waals surface area (Å²) in [6.45, 7) is 0. The van der Waals surface area contributed by atoms with Crippen molar-refractivity contribution < 1.29 is 19.5 Å². The molecule has 1 aromatic carbocycles. The SMILES string of the molecule is O=C1NC(=O)/C(=C\c2ccccc2C(=O)O)S1. The Hall–Kier alpha value is -2.08. The Kier molecular flexibility index (Phi) is 2.97. The summed E-state index contributed by atoms with van der Waals surface area (Å²) in [5.74, 6) is -1.58. The van der Waals surface area contributed by atoms with Gasteiger partial charge >= 0.3 is 5.97 Å². The number of hydrogen-bond donors (Lipinski definition) is 2. The molecule has 1 aromatic rings. The predicted molar refractivity (Wildman–Crippen MR) is 62.5 cm³/mol. The Morgan fingerprint density at radius 3 is 2.59 bits per heavy atom. The van der Waals surface area contributed by atoms with E-state index in [0.717, 1.165) is 11.8 Å². The summed E-state index contributed by atoms with van der Waals surface area (Å²) >= 11 is 0.758. The first-order valence-corrected chi connectivity index (χ1v) is 5.47. The fraction of sp³-hybridized carbons (Fsp3) is 0. The monoisotopic (exact) mass is 249 g/mol. The third-order valence-corrected chi connectivity index (χ3v) is 2.93. The summed E-state index contributed by atoms with van der Waals surface area (Å²) in [5, 5.41) is 10.6. The molecule has 5 nitrogen and oxygen atoms in total. The zero-order valence-corrected chi connectivity index (χ0v) is 9.28. The Balaban J connectivity index is 2.42. The normalized spacial score (nSPS) is 17.3. The van der Waals surface area contributed by atoms with E-state index in [9.17, 15) is 14.4 Å². The van der Waals surface area contributed by atoms with Crippen molar-refractivity contribution in [1.82, 2.24) is 5.32 Å². The fourth-order valence-electron chi connectivity index (χ4n) is 1.38. The molecule has 1 aliphatic heterocycles. The average molecular weight is 249 g/mol. The second kappa shape index (κ2) is 4.42. The molecule has 0 spiro atoms. The molecule has 2 N–H and O–H groups in total. The minimum absolute atomic E-state index is 0.0905. The second-order valence-electron chi connectivity index (χ2n) is 3.24. The van der Waals surface area contributed by atoms with Crippen molar-refractivity contribution in [2.24, 2.45) is 0 Å². The molecule has 1 fully saturated rings. The molecule has 2 rings (SSSR count). The van der Waals surface area contributed by atoms with Gasteiger partial charge in [0, 0.05) is 0 Å². The van der Waals surface area contributed by atoms with Crippen LogP contribution in [0.5, 0.6) is 0 Å². The third-order valence-electron chi connectivity index (χ3n) is 2.12. The quantitative estimate of drug-likeness (QED) is 0.779. The molecule has 0 unspecified atom stereocenters. The van der Waals surface area contributed by atoms with Crippen LogP contribution in [0, 0.1) is 0 Å². The maximum Gasteiger partial charge on any atom is 0.336 e. The van der Waals surface area contributed by atoms with Crippen molar-refractivity contribution in [2.45, 2.75) is 0 Å². The Morgan fingerprint density at radius 1 is 1.29 bits per heavy atom. The van der Waals surface area contributed by atoms with Gasteiger partial charge in [0.15, 0.2) is 0 Å². The smallest absolute Gasteiger partial charge is 0.336 e. The predicted octanol–water partition coefficient (Wildman–Crippen LogP) is 1.71. The van der Waals surface area contributed by atoms with Crippen LogP contribution in [0.4, 0.5) is 4.79 Å². The number of thioether (sulfide) groups is 1. The number of aromatic carboxylic acids is 1. The first kappa shape index (κ1) is 11.4. The van der Waals surface area contributed by atoms with Crippen LogP contribution in [0.25, 0.3) is 6.08 Å². The zero-order chi connectivity index (χ0) is 12.4. The van der Waals surface area contributed by atoms with E-state index in [1.807, 2.05) is 0 Å². The van der Waals surface area contributed by atoms with Crippen LogP contribution in [0.3, 0.4) is 0 Å². The zero-order valence-electron chi connectivity index (χ0n) is 8.47. The first-order chi connectivity index (χ1) is 8.08. The number of benzene rings is 1. The van der Waals surface area contributed by atoms with E-state index >= 15 is 0 Å². The highest BCUT2D eigenvalue weighted by molar-refractivity contribution is 8.18. The fourth-order valence-corrected chi connectivity index (χ4v) is 2.05. The number of imide groups is 1. The van der Waals surface area contributed by atoms with Crippen molar-refractivity contribution in [1.29, 1.82) is 0 Å². The standard InChI is InChI=1S/C11H7NO4S/c13-9-8(17-11(16)12-9)5-6-3-1-2-4-7(6)10(14)15/h1-5H,(H,14,15)(H,12,13,16)/b8-5+. The molecule has 0 atom stereocenters. The largest absolute Gasteiger partial charge is 0.478 e. The number of carbonyl (C=O) groups excluding carboxylic acids is 2. The number of hydrogen-bond acceptors (Lipinski definition) is 4. The summed E-state index contributed by atoms with van der Waals surface area (Å²) in [6, 6.07) is 6.28. The van der Waals surface area contributed by atoms with E-state index in [-0.39, 0.29) is 10.5 Å². The number of nitrogens with one attached hydrogen (secondary N) is 1. The molecule has 0 saturated carbocycles. The van der Waals surface area contributed by atoms with Crippen molar-refractivity contribution in [3.8, 4) is 0 Å². The van der Waals surface area contributed by atoms with Gasteiger partial charge in [-0.05, 0) is 29.5 Å². The van der Waals surface area contributed by atoms with Crippen molar-refractivity contribution in [2.75, 3.05) is 0 Å². The maximum absolute atomic E-state index is 11.3. The summed E-state index contributed by atoms with van der Waals surface area (Å²) < 4.78 is 0. The van der Waals surface area contributed by atoms with Crippen molar-refractivity contribution in [3.63, 3.8) is 0 Å². The van der Waals surface area contributed by atoms with E-state index in [4.69, 9.17) is 5.11 Å². The van der Waals surface area contributed by atoms with Gasteiger partial charge in [-0.2, -0.15) is 0 Å². The average Bonchev–Trinajstić information content (AvgIpc) is 2.58. The first-order valence-electron chi connectivity index (χ1n) is 4.65. The molecule has 1 aliphatic rings. The minimum Gasteiger partial charge on any atom is -0.478 e. The number of carbonyl (C=O) groups is 3.